The summed E-state index contributed by atoms with van der Waals surface area (Å²) in [5.74, 6) is -0.425. The van der Waals surface area contributed by atoms with Gasteiger partial charge < -0.3 is 5.32 Å². The summed E-state index contributed by atoms with van der Waals surface area (Å²) in [6.07, 6.45) is 5.90. The smallest absolute Gasteiger partial charge is 0.255 e. The largest absolute Gasteiger partial charge is 0.345 e. The van der Waals surface area contributed by atoms with Gasteiger partial charge in [-0.25, -0.2) is 18.4 Å². The van der Waals surface area contributed by atoms with E-state index >= 15 is 0 Å². The zero-order valence-electron chi connectivity index (χ0n) is 10.5. The Morgan fingerprint density at radius 1 is 1.53 bits per heavy atom. The monoisotopic (exact) mass is 281 g/mol. The molecule has 102 valence electrons. The first-order chi connectivity index (χ1) is 9.02. The number of amides is 1. The molecule has 2 rings (SSSR count). The van der Waals surface area contributed by atoms with Crippen LogP contribution in [0.5, 0.6) is 0 Å². The van der Waals surface area contributed by atoms with Gasteiger partial charge in [0, 0.05) is 11.6 Å². The van der Waals surface area contributed by atoms with E-state index in [1.54, 1.807) is 0 Å². The number of rotatable bonds is 4. The first-order valence-corrected chi connectivity index (χ1v) is 7.74. The second-order valence-corrected chi connectivity index (χ2v) is 6.30. The van der Waals surface area contributed by atoms with Crippen LogP contribution in [0.4, 0.5) is 0 Å². The van der Waals surface area contributed by atoms with Crippen molar-refractivity contribution >= 4 is 15.7 Å². The Bertz CT molecular complexity index is 610. The van der Waals surface area contributed by atoms with Crippen molar-refractivity contribution in [1.29, 1.82) is 0 Å². The number of carbonyl (C=O) groups is 1. The van der Waals surface area contributed by atoms with E-state index in [1.807, 2.05) is 6.92 Å². The fourth-order valence-corrected chi connectivity index (χ4v) is 3.13. The maximum atomic E-state index is 12.1. The standard InChI is InChI=1S/C12H15N3O3S/c1-2-3-11-10(6-13-8-14-11)12(16)15-9-4-5-19(17,18)7-9/h4-6,8-9H,2-3,7H2,1H3,(H,15,16)/t9-/m0/s1. The highest BCUT2D eigenvalue weighted by atomic mass is 32.2. The predicted molar refractivity (Wildman–Crippen MR) is 70.2 cm³/mol. The highest BCUT2D eigenvalue weighted by molar-refractivity contribution is 7.94. The van der Waals surface area contributed by atoms with Gasteiger partial charge in [-0.05, 0) is 12.5 Å². The summed E-state index contributed by atoms with van der Waals surface area (Å²) in [5, 5.41) is 3.80. The van der Waals surface area contributed by atoms with Crippen LogP contribution in [0.2, 0.25) is 0 Å². The van der Waals surface area contributed by atoms with E-state index in [1.165, 1.54) is 18.6 Å². The van der Waals surface area contributed by atoms with E-state index in [0.717, 1.165) is 11.8 Å². The predicted octanol–water partition coefficient (Wildman–Crippen LogP) is 0.470. The SMILES string of the molecule is CCCc1ncncc1C(=O)N[C@H]1C=CS(=O)(=O)C1. The average Bonchev–Trinajstić information content (AvgIpc) is 2.69. The highest BCUT2D eigenvalue weighted by Gasteiger charge is 2.24. The lowest BCUT2D eigenvalue weighted by molar-refractivity contribution is 0.0946. The van der Waals surface area contributed by atoms with Crippen LogP contribution in [-0.4, -0.2) is 36.1 Å². The molecule has 0 unspecified atom stereocenters. The van der Waals surface area contributed by atoms with Crippen molar-refractivity contribution < 1.29 is 13.2 Å². The summed E-state index contributed by atoms with van der Waals surface area (Å²) in [7, 11) is -3.17. The van der Waals surface area contributed by atoms with Crippen molar-refractivity contribution in [3.8, 4) is 0 Å². The van der Waals surface area contributed by atoms with Crippen LogP contribution in [0.3, 0.4) is 0 Å². The van der Waals surface area contributed by atoms with Crippen LogP contribution in [0.25, 0.3) is 0 Å². The molecular formula is C12H15N3O3S. The quantitative estimate of drug-likeness (QED) is 0.866. The third-order valence-electron chi connectivity index (χ3n) is 2.77. The number of hydrogen-bond acceptors (Lipinski definition) is 5. The van der Waals surface area contributed by atoms with Crippen LogP contribution >= 0.6 is 0 Å². The maximum absolute atomic E-state index is 12.1. The van der Waals surface area contributed by atoms with Gasteiger partial charge in [-0.1, -0.05) is 13.3 Å². The maximum Gasteiger partial charge on any atom is 0.255 e. The number of nitrogens with zero attached hydrogens (tertiary/aromatic N) is 2. The van der Waals surface area contributed by atoms with Gasteiger partial charge >= 0.3 is 0 Å². The summed E-state index contributed by atoms with van der Waals surface area (Å²) >= 11 is 0. The fraction of sp³-hybridized carbons (Fsp3) is 0.417. The van der Waals surface area contributed by atoms with Crippen molar-refractivity contribution in [3.63, 3.8) is 0 Å². The molecule has 0 spiro atoms. The van der Waals surface area contributed by atoms with Gasteiger partial charge in [0.15, 0.2) is 9.84 Å². The molecule has 1 aliphatic rings. The number of aromatic nitrogens is 2. The Kier molecular flexibility index (Phi) is 3.94. The minimum absolute atomic E-state index is 0.0878. The third kappa shape index (κ3) is 3.37. The summed E-state index contributed by atoms with van der Waals surface area (Å²) in [4.78, 5) is 20.0. The molecule has 1 aromatic rings. The van der Waals surface area contributed by atoms with Crippen molar-refractivity contribution in [2.75, 3.05) is 5.75 Å². The molecule has 0 radical (unpaired) electrons. The Balaban J connectivity index is 2.11. The van der Waals surface area contributed by atoms with Crippen LogP contribution in [0.15, 0.2) is 24.0 Å². The summed E-state index contributed by atoms with van der Waals surface area (Å²) in [5.41, 5.74) is 1.09. The lowest BCUT2D eigenvalue weighted by Gasteiger charge is -2.11. The van der Waals surface area contributed by atoms with Gasteiger partial charge in [-0.15, -0.1) is 0 Å². The van der Waals surface area contributed by atoms with Gasteiger partial charge in [0.25, 0.3) is 5.91 Å². The summed E-state index contributed by atoms with van der Waals surface area (Å²) < 4.78 is 22.5. The first kappa shape index (κ1) is 13.7. The number of nitrogens with one attached hydrogen (secondary N) is 1. The van der Waals surface area contributed by atoms with E-state index in [9.17, 15) is 13.2 Å². The van der Waals surface area contributed by atoms with Crippen LogP contribution in [0.1, 0.15) is 29.4 Å². The van der Waals surface area contributed by atoms with Gasteiger partial charge in [0.2, 0.25) is 0 Å². The number of carbonyl (C=O) groups excluding carboxylic acids is 1. The molecule has 1 aromatic heterocycles. The van der Waals surface area contributed by atoms with Gasteiger partial charge in [-0.3, -0.25) is 4.79 Å². The molecule has 0 saturated carbocycles. The second kappa shape index (κ2) is 5.48. The van der Waals surface area contributed by atoms with Crippen molar-refractivity contribution in [3.05, 3.63) is 35.3 Å². The molecule has 0 fully saturated rings. The van der Waals surface area contributed by atoms with Crippen LogP contribution < -0.4 is 5.32 Å². The topological polar surface area (TPSA) is 89.0 Å². The molecule has 0 bridgehead atoms. The molecule has 0 aromatic carbocycles. The van der Waals surface area contributed by atoms with Gasteiger partial charge in [-0.2, -0.15) is 0 Å². The molecule has 1 N–H and O–H groups in total. The Hall–Kier alpha value is -1.76. The molecule has 0 aliphatic carbocycles. The lowest BCUT2D eigenvalue weighted by Crippen LogP contribution is -2.36. The molecule has 0 saturated heterocycles. The minimum atomic E-state index is -3.17. The Morgan fingerprint density at radius 2 is 2.32 bits per heavy atom. The molecule has 1 atom stereocenters. The van der Waals surface area contributed by atoms with Crippen molar-refractivity contribution in [1.82, 2.24) is 15.3 Å². The molecule has 6 nitrogen and oxygen atoms in total. The average molecular weight is 281 g/mol. The molecule has 19 heavy (non-hydrogen) atoms. The second-order valence-electron chi connectivity index (χ2n) is 4.37. The lowest BCUT2D eigenvalue weighted by atomic mass is 10.1. The molecule has 2 heterocycles. The molecular weight excluding hydrogens is 266 g/mol. The molecule has 1 amide bonds. The normalized spacial score (nSPS) is 20.4. The van der Waals surface area contributed by atoms with Crippen LogP contribution in [0, 0.1) is 0 Å². The number of sulfone groups is 1. The molecule has 7 heteroatoms. The Labute approximate surface area is 111 Å². The van der Waals surface area contributed by atoms with Crippen molar-refractivity contribution in [2.45, 2.75) is 25.8 Å². The van der Waals surface area contributed by atoms with Gasteiger partial charge in [0.05, 0.1) is 23.1 Å². The Morgan fingerprint density at radius 3 is 2.95 bits per heavy atom. The molecule has 1 aliphatic heterocycles. The zero-order chi connectivity index (χ0) is 13.9. The van der Waals surface area contributed by atoms with Gasteiger partial charge in [0.1, 0.15) is 6.33 Å². The van der Waals surface area contributed by atoms with Crippen LogP contribution in [-0.2, 0) is 16.3 Å². The highest BCUT2D eigenvalue weighted by Crippen LogP contribution is 2.11. The number of hydrogen-bond donors (Lipinski definition) is 1. The van der Waals surface area contributed by atoms with E-state index in [-0.39, 0.29) is 11.7 Å². The fourth-order valence-electron chi connectivity index (χ4n) is 1.89. The van der Waals surface area contributed by atoms with E-state index in [4.69, 9.17) is 0 Å². The zero-order valence-corrected chi connectivity index (χ0v) is 11.4. The third-order valence-corrected chi connectivity index (χ3v) is 4.17. The van der Waals surface area contributed by atoms with E-state index in [2.05, 4.69) is 15.3 Å². The summed E-state index contributed by atoms with van der Waals surface area (Å²) in [6, 6.07) is -0.479. The summed E-state index contributed by atoms with van der Waals surface area (Å²) in [6.45, 7) is 2.00. The minimum Gasteiger partial charge on any atom is -0.345 e. The number of aryl methyl sites for hydroxylation is 1. The first-order valence-electron chi connectivity index (χ1n) is 6.02. The van der Waals surface area contributed by atoms with E-state index in [0.29, 0.717) is 17.7 Å². The van der Waals surface area contributed by atoms with E-state index < -0.39 is 15.9 Å². The van der Waals surface area contributed by atoms with Crippen molar-refractivity contribution in [2.24, 2.45) is 0 Å².